The van der Waals surface area contributed by atoms with Crippen molar-refractivity contribution in [2.24, 2.45) is 0 Å². The Morgan fingerprint density at radius 1 is 0.857 bits per heavy atom. The number of carbonyl (C=O) groups excluding carboxylic acids is 2. The molecule has 0 atom stereocenters. The average Bonchev–Trinajstić information content (AvgIpc) is 2.56. The van der Waals surface area contributed by atoms with Gasteiger partial charge in [0, 0.05) is 19.6 Å². The van der Waals surface area contributed by atoms with Crippen LogP contribution in [0.5, 0.6) is 5.75 Å². The highest BCUT2D eigenvalue weighted by Gasteiger charge is 2.15. The van der Waals surface area contributed by atoms with Crippen LogP contribution < -0.4 is 20.7 Å². The Bertz CT molecular complexity index is 616. The fourth-order valence-corrected chi connectivity index (χ4v) is 2.23. The zero-order valence-corrected chi connectivity index (χ0v) is 18.0. The maximum atomic E-state index is 11.7. The van der Waals surface area contributed by atoms with Gasteiger partial charge in [-0.05, 0) is 50.3 Å². The molecule has 0 radical (unpaired) electrons. The van der Waals surface area contributed by atoms with E-state index in [-0.39, 0.29) is 11.4 Å². The lowest BCUT2D eigenvalue weighted by molar-refractivity contribution is 0.0528. The molecule has 0 spiro atoms. The zero-order valence-electron chi connectivity index (χ0n) is 18.0. The van der Waals surface area contributed by atoms with Crippen LogP contribution in [0.3, 0.4) is 0 Å². The van der Waals surface area contributed by atoms with Crippen LogP contribution in [-0.4, -0.2) is 44.0 Å². The summed E-state index contributed by atoms with van der Waals surface area (Å²) < 4.78 is 10.8. The SMILES string of the molecule is CC(C)(C)OC(=O)NCCNC(=O)NCCCOc1ccc(C(C)(C)C)cc1. The summed E-state index contributed by atoms with van der Waals surface area (Å²) in [4.78, 5) is 23.1. The lowest BCUT2D eigenvalue weighted by Crippen LogP contribution is -2.41. The number of alkyl carbamates (subject to hydrolysis) is 1. The Hall–Kier alpha value is -2.44. The average molecular weight is 394 g/mol. The molecule has 7 heteroatoms. The lowest BCUT2D eigenvalue weighted by Gasteiger charge is -2.19. The van der Waals surface area contributed by atoms with Crippen molar-refractivity contribution in [3.8, 4) is 5.75 Å². The summed E-state index contributed by atoms with van der Waals surface area (Å²) >= 11 is 0. The molecule has 1 rings (SSSR count). The molecule has 3 amide bonds. The van der Waals surface area contributed by atoms with Crippen molar-refractivity contribution >= 4 is 12.1 Å². The molecule has 0 unspecified atom stereocenters. The summed E-state index contributed by atoms with van der Waals surface area (Å²) in [5.74, 6) is 0.825. The summed E-state index contributed by atoms with van der Waals surface area (Å²) in [7, 11) is 0. The van der Waals surface area contributed by atoms with Crippen LogP contribution in [0.2, 0.25) is 0 Å². The molecule has 0 aliphatic carbocycles. The molecule has 0 aliphatic heterocycles. The number of amides is 3. The number of benzene rings is 1. The van der Waals surface area contributed by atoms with E-state index in [1.165, 1.54) is 5.56 Å². The van der Waals surface area contributed by atoms with Crippen molar-refractivity contribution in [2.75, 3.05) is 26.2 Å². The molecule has 0 fully saturated rings. The normalized spacial score (nSPS) is 11.5. The summed E-state index contributed by atoms with van der Waals surface area (Å²) in [6, 6.07) is 7.82. The Labute approximate surface area is 168 Å². The molecule has 3 N–H and O–H groups in total. The summed E-state index contributed by atoms with van der Waals surface area (Å²) in [5, 5.41) is 8.00. The first-order valence-corrected chi connectivity index (χ1v) is 9.69. The van der Waals surface area contributed by atoms with Gasteiger partial charge in [0.2, 0.25) is 0 Å². The second-order valence-corrected chi connectivity index (χ2v) is 8.59. The van der Waals surface area contributed by atoms with Crippen LogP contribution in [0.4, 0.5) is 9.59 Å². The molecule has 7 nitrogen and oxygen atoms in total. The molecule has 0 aromatic heterocycles. The summed E-state index contributed by atoms with van der Waals surface area (Å²) in [6.45, 7) is 13.6. The molecule has 0 aliphatic rings. The Morgan fingerprint density at radius 2 is 1.43 bits per heavy atom. The van der Waals surface area contributed by atoms with E-state index in [4.69, 9.17) is 9.47 Å². The molecular weight excluding hydrogens is 358 g/mol. The fourth-order valence-electron chi connectivity index (χ4n) is 2.23. The monoisotopic (exact) mass is 393 g/mol. The van der Waals surface area contributed by atoms with E-state index < -0.39 is 11.7 Å². The first-order valence-electron chi connectivity index (χ1n) is 9.69. The van der Waals surface area contributed by atoms with Crippen LogP contribution in [0, 0.1) is 0 Å². The Morgan fingerprint density at radius 3 is 2.00 bits per heavy atom. The second-order valence-electron chi connectivity index (χ2n) is 8.59. The molecule has 0 saturated carbocycles. The maximum Gasteiger partial charge on any atom is 0.407 e. The number of rotatable bonds is 8. The number of hydrogen-bond donors (Lipinski definition) is 3. The maximum absolute atomic E-state index is 11.7. The molecule has 1 aromatic rings. The summed E-state index contributed by atoms with van der Waals surface area (Å²) in [5.41, 5.74) is 0.850. The van der Waals surface area contributed by atoms with Crippen molar-refractivity contribution in [3.05, 3.63) is 29.8 Å². The van der Waals surface area contributed by atoms with E-state index in [0.717, 1.165) is 5.75 Å². The van der Waals surface area contributed by atoms with Gasteiger partial charge in [0.05, 0.1) is 6.61 Å². The number of hydrogen-bond acceptors (Lipinski definition) is 4. The predicted octanol–water partition coefficient (Wildman–Crippen LogP) is 3.58. The number of ether oxygens (including phenoxy) is 2. The van der Waals surface area contributed by atoms with E-state index in [1.807, 2.05) is 12.1 Å². The highest BCUT2D eigenvalue weighted by molar-refractivity contribution is 5.73. The molecule has 0 saturated heterocycles. The third-order valence-corrected chi connectivity index (χ3v) is 3.67. The molecule has 158 valence electrons. The molecular formula is C21H35N3O4. The van der Waals surface area contributed by atoms with E-state index >= 15 is 0 Å². The first-order chi connectivity index (χ1) is 13.0. The second kappa shape index (κ2) is 10.8. The Balaban J connectivity index is 2.08. The van der Waals surface area contributed by atoms with Crippen LogP contribution in [0.25, 0.3) is 0 Å². The molecule has 28 heavy (non-hydrogen) atoms. The topological polar surface area (TPSA) is 88.7 Å². The van der Waals surface area contributed by atoms with Gasteiger partial charge in [-0.3, -0.25) is 0 Å². The van der Waals surface area contributed by atoms with Gasteiger partial charge in [-0.2, -0.15) is 0 Å². The van der Waals surface area contributed by atoms with E-state index in [1.54, 1.807) is 20.8 Å². The van der Waals surface area contributed by atoms with Crippen molar-refractivity contribution in [3.63, 3.8) is 0 Å². The lowest BCUT2D eigenvalue weighted by atomic mass is 9.87. The van der Waals surface area contributed by atoms with Crippen LogP contribution >= 0.6 is 0 Å². The minimum atomic E-state index is -0.536. The van der Waals surface area contributed by atoms with Crippen LogP contribution in [-0.2, 0) is 10.2 Å². The number of urea groups is 1. The first kappa shape index (κ1) is 23.6. The summed E-state index contributed by atoms with van der Waals surface area (Å²) in [6.07, 6.45) is 0.201. The number of nitrogens with one attached hydrogen (secondary N) is 3. The van der Waals surface area contributed by atoms with E-state index in [9.17, 15) is 9.59 Å². The molecule has 0 heterocycles. The minimum absolute atomic E-state index is 0.123. The van der Waals surface area contributed by atoms with E-state index in [2.05, 4.69) is 48.9 Å². The molecule has 0 bridgehead atoms. The quantitative estimate of drug-likeness (QED) is 0.589. The predicted molar refractivity (Wildman–Crippen MR) is 111 cm³/mol. The van der Waals surface area contributed by atoms with Crippen LogP contribution in [0.15, 0.2) is 24.3 Å². The van der Waals surface area contributed by atoms with Crippen molar-refractivity contribution < 1.29 is 19.1 Å². The highest BCUT2D eigenvalue weighted by Crippen LogP contribution is 2.24. The largest absolute Gasteiger partial charge is 0.494 e. The van der Waals surface area contributed by atoms with Gasteiger partial charge in [0.25, 0.3) is 0 Å². The van der Waals surface area contributed by atoms with Gasteiger partial charge < -0.3 is 25.4 Å². The zero-order chi connectivity index (χ0) is 21.2. The van der Waals surface area contributed by atoms with Gasteiger partial charge in [-0.15, -0.1) is 0 Å². The molecule has 1 aromatic carbocycles. The van der Waals surface area contributed by atoms with Gasteiger partial charge in [-0.25, -0.2) is 9.59 Å². The van der Waals surface area contributed by atoms with Crippen molar-refractivity contribution in [2.45, 2.75) is 59.0 Å². The Kier molecular flexibility index (Phi) is 9.09. The van der Waals surface area contributed by atoms with Crippen molar-refractivity contribution in [1.29, 1.82) is 0 Å². The van der Waals surface area contributed by atoms with Gasteiger partial charge in [0.15, 0.2) is 0 Å². The third-order valence-electron chi connectivity index (χ3n) is 3.67. The minimum Gasteiger partial charge on any atom is -0.494 e. The van der Waals surface area contributed by atoms with Gasteiger partial charge in [-0.1, -0.05) is 32.9 Å². The fraction of sp³-hybridized carbons (Fsp3) is 0.619. The third kappa shape index (κ3) is 10.6. The van der Waals surface area contributed by atoms with Gasteiger partial charge >= 0.3 is 12.1 Å². The smallest absolute Gasteiger partial charge is 0.407 e. The standard InChI is InChI=1S/C21H35N3O4/c1-20(2,3)16-8-10-17(11-9-16)27-15-7-12-22-18(25)23-13-14-24-19(26)28-21(4,5)6/h8-11H,7,12-15H2,1-6H3,(H,24,26)(H2,22,23,25). The van der Waals surface area contributed by atoms with Crippen LogP contribution in [0.1, 0.15) is 53.5 Å². The van der Waals surface area contributed by atoms with E-state index in [0.29, 0.717) is 32.7 Å². The number of carbonyl (C=O) groups is 2. The van der Waals surface area contributed by atoms with Gasteiger partial charge in [0.1, 0.15) is 11.4 Å². The van der Waals surface area contributed by atoms with Crippen molar-refractivity contribution in [1.82, 2.24) is 16.0 Å². The highest BCUT2D eigenvalue weighted by atomic mass is 16.6.